The maximum atomic E-state index is 13.4. The number of quaternary nitrogens is 1. The summed E-state index contributed by atoms with van der Waals surface area (Å²) in [5.41, 5.74) is 0. The van der Waals surface area contributed by atoms with Crippen LogP contribution in [0.1, 0.15) is 245 Å². The summed E-state index contributed by atoms with van der Waals surface area (Å²) in [4.78, 5) is 37.4. The van der Waals surface area contributed by atoms with Crippen LogP contribution in [0.2, 0.25) is 0 Å². The molecule has 64 heavy (non-hydrogen) atoms. The van der Waals surface area contributed by atoms with Gasteiger partial charge in [-0.2, -0.15) is 0 Å². The normalized spacial score (nSPS) is 14.2. The Morgan fingerprint density at radius 3 is 1.38 bits per heavy atom. The minimum absolute atomic E-state index is 0.0383. The standard InChI is InChI=1S/C54H103N2O7P/c1-7-10-13-16-19-22-25-26-27-28-29-32-34-37-40-43-46-53(57)55-51(50-62-64(59,60)61-49-48-56(4,5)6)52(45-42-39-36-33-30-23-20-17-14-11-8-2)63-54(58)47-44-41-38-35-31-24-21-18-15-12-9-3/h18,21,27-28,42,45,51-52H,7-17,19-20,22-26,29-41,43-44,46-50H2,1-6H3,(H-,55,57,59,60)/p+1/b21-18-,28-27+,45-42-. The highest BCUT2D eigenvalue weighted by atomic mass is 31.2. The molecule has 0 aromatic rings. The van der Waals surface area contributed by atoms with Gasteiger partial charge in [-0.05, 0) is 76.7 Å². The van der Waals surface area contributed by atoms with Crippen LogP contribution in [0, 0.1) is 0 Å². The van der Waals surface area contributed by atoms with Crippen LogP contribution in [0.3, 0.4) is 0 Å². The molecule has 0 spiro atoms. The number of phosphoric ester groups is 1. The van der Waals surface area contributed by atoms with Crippen LogP contribution in [0.5, 0.6) is 0 Å². The maximum absolute atomic E-state index is 13.4. The molecular formula is C54H104N2O7P+. The average molecular weight is 924 g/mol. The summed E-state index contributed by atoms with van der Waals surface area (Å²) in [5, 5.41) is 3.03. The fourth-order valence-corrected chi connectivity index (χ4v) is 8.30. The molecule has 0 aromatic heterocycles. The van der Waals surface area contributed by atoms with E-state index in [-0.39, 0.29) is 31.5 Å². The fraction of sp³-hybridized carbons (Fsp3) is 0.852. The number of amides is 1. The van der Waals surface area contributed by atoms with Gasteiger partial charge in [0.15, 0.2) is 0 Å². The molecule has 376 valence electrons. The van der Waals surface area contributed by atoms with Crippen molar-refractivity contribution < 1.29 is 37.3 Å². The molecule has 0 aliphatic heterocycles. The van der Waals surface area contributed by atoms with Gasteiger partial charge in [-0.15, -0.1) is 0 Å². The van der Waals surface area contributed by atoms with Crippen LogP contribution in [0.4, 0.5) is 0 Å². The first-order valence-electron chi connectivity index (χ1n) is 26.8. The molecule has 3 unspecified atom stereocenters. The van der Waals surface area contributed by atoms with E-state index in [1.54, 1.807) is 0 Å². The highest BCUT2D eigenvalue weighted by molar-refractivity contribution is 7.47. The highest BCUT2D eigenvalue weighted by Gasteiger charge is 2.30. The quantitative estimate of drug-likeness (QED) is 0.0206. The first-order chi connectivity index (χ1) is 30.9. The molecule has 9 nitrogen and oxygen atoms in total. The maximum Gasteiger partial charge on any atom is 0.472 e. The van der Waals surface area contributed by atoms with E-state index in [1.165, 1.54) is 109 Å². The molecule has 2 N–H and O–H groups in total. The third kappa shape index (κ3) is 45.4. The van der Waals surface area contributed by atoms with Gasteiger partial charge < -0.3 is 19.4 Å². The second kappa shape index (κ2) is 45.0. The number of nitrogens with zero attached hydrogens (tertiary/aromatic N) is 1. The number of likely N-dealkylation sites (N-methyl/N-ethyl adjacent to an activating group) is 1. The number of phosphoric acid groups is 1. The predicted octanol–water partition coefficient (Wildman–Crippen LogP) is 15.6. The number of ether oxygens (including phenoxy) is 1. The zero-order valence-corrected chi connectivity index (χ0v) is 43.7. The summed E-state index contributed by atoms with van der Waals surface area (Å²) in [6.07, 6.45) is 51.4. The van der Waals surface area contributed by atoms with E-state index in [2.05, 4.69) is 50.4 Å². The van der Waals surface area contributed by atoms with E-state index in [0.29, 0.717) is 17.4 Å². The van der Waals surface area contributed by atoms with Crippen molar-refractivity contribution in [3.05, 3.63) is 36.5 Å². The lowest BCUT2D eigenvalue weighted by Gasteiger charge is -2.27. The van der Waals surface area contributed by atoms with Gasteiger partial charge in [0.25, 0.3) is 0 Å². The van der Waals surface area contributed by atoms with Gasteiger partial charge in [0.1, 0.15) is 19.3 Å². The molecule has 0 aromatic carbocycles. The molecule has 0 aliphatic carbocycles. The van der Waals surface area contributed by atoms with Crippen LogP contribution in [-0.4, -0.2) is 74.3 Å². The first-order valence-corrected chi connectivity index (χ1v) is 28.3. The molecule has 0 fully saturated rings. The molecule has 1 amide bonds. The van der Waals surface area contributed by atoms with Gasteiger partial charge >= 0.3 is 13.8 Å². The number of hydrogen-bond acceptors (Lipinski definition) is 6. The van der Waals surface area contributed by atoms with Crippen molar-refractivity contribution in [2.24, 2.45) is 0 Å². The molecular weight excluding hydrogens is 820 g/mol. The summed E-state index contributed by atoms with van der Waals surface area (Å²) >= 11 is 0. The number of carbonyl (C=O) groups excluding carboxylic acids is 2. The van der Waals surface area contributed by atoms with Gasteiger partial charge in [0.05, 0.1) is 33.8 Å². The number of rotatable bonds is 48. The lowest BCUT2D eigenvalue weighted by atomic mass is 10.1. The van der Waals surface area contributed by atoms with Gasteiger partial charge in [0, 0.05) is 12.8 Å². The Morgan fingerprint density at radius 1 is 0.531 bits per heavy atom. The Bertz CT molecular complexity index is 1200. The average Bonchev–Trinajstić information content (AvgIpc) is 3.25. The number of allylic oxidation sites excluding steroid dienone is 5. The van der Waals surface area contributed by atoms with Gasteiger partial charge in [0.2, 0.25) is 5.91 Å². The Labute approximate surface area is 396 Å². The summed E-state index contributed by atoms with van der Waals surface area (Å²) in [7, 11) is 1.49. The Hall–Kier alpha value is -1.77. The van der Waals surface area contributed by atoms with Gasteiger partial charge in [-0.25, -0.2) is 4.57 Å². The van der Waals surface area contributed by atoms with Crippen molar-refractivity contribution >= 4 is 19.7 Å². The fourth-order valence-electron chi connectivity index (χ4n) is 7.56. The SMILES string of the molecule is CCCC/C=C\CCCCCCCC(=O)OC(/C=C\CCCCCCCCCCC)C(COP(=O)(O)OCC[N+](C)(C)C)NC(=O)CCCCCCC/C=C/CCCCCCCCC. The topological polar surface area (TPSA) is 111 Å². The second-order valence-corrected chi connectivity index (χ2v) is 20.8. The molecule has 0 saturated carbocycles. The first kappa shape index (κ1) is 62.2. The van der Waals surface area contributed by atoms with Crippen molar-refractivity contribution in [2.75, 3.05) is 40.9 Å². The molecule has 0 rings (SSSR count). The van der Waals surface area contributed by atoms with E-state index in [1.807, 2.05) is 33.3 Å². The smallest absolute Gasteiger partial charge is 0.456 e. The lowest BCUT2D eigenvalue weighted by Crippen LogP contribution is -2.47. The molecule has 0 saturated heterocycles. The van der Waals surface area contributed by atoms with Crippen LogP contribution in [0.15, 0.2) is 36.5 Å². The molecule has 10 heteroatoms. The summed E-state index contributed by atoms with van der Waals surface area (Å²) in [5.74, 6) is -0.524. The predicted molar refractivity (Wildman–Crippen MR) is 272 cm³/mol. The largest absolute Gasteiger partial charge is 0.472 e. The summed E-state index contributed by atoms with van der Waals surface area (Å²) in [6.45, 7) is 6.95. The molecule has 0 bridgehead atoms. The van der Waals surface area contributed by atoms with Gasteiger partial charge in [-0.1, -0.05) is 192 Å². The van der Waals surface area contributed by atoms with Crippen molar-refractivity contribution in [3.8, 4) is 0 Å². The second-order valence-electron chi connectivity index (χ2n) is 19.4. The lowest BCUT2D eigenvalue weighted by molar-refractivity contribution is -0.870. The van der Waals surface area contributed by atoms with E-state index in [0.717, 1.165) is 103 Å². The van der Waals surface area contributed by atoms with Crippen LogP contribution in [0.25, 0.3) is 0 Å². The minimum Gasteiger partial charge on any atom is -0.456 e. The highest BCUT2D eigenvalue weighted by Crippen LogP contribution is 2.43. The van der Waals surface area contributed by atoms with E-state index in [4.69, 9.17) is 13.8 Å². The molecule has 0 radical (unpaired) electrons. The molecule has 0 heterocycles. The molecule has 3 atom stereocenters. The van der Waals surface area contributed by atoms with Crippen molar-refractivity contribution in [3.63, 3.8) is 0 Å². The monoisotopic (exact) mass is 924 g/mol. The number of nitrogens with one attached hydrogen (secondary N) is 1. The summed E-state index contributed by atoms with van der Waals surface area (Å²) in [6, 6.07) is -0.850. The Morgan fingerprint density at radius 2 is 0.922 bits per heavy atom. The van der Waals surface area contributed by atoms with Gasteiger partial charge in [-0.3, -0.25) is 18.6 Å². The van der Waals surface area contributed by atoms with Crippen LogP contribution < -0.4 is 5.32 Å². The zero-order chi connectivity index (χ0) is 47.3. The van der Waals surface area contributed by atoms with Crippen molar-refractivity contribution in [2.45, 2.75) is 258 Å². The summed E-state index contributed by atoms with van der Waals surface area (Å²) < 4.78 is 30.5. The van der Waals surface area contributed by atoms with E-state index < -0.39 is 20.0 Å². The Kier molecular flexibility index (Phi) is 43.8. The Balaban J connectivity index is 5.38. The molecule has 0 aliphatic rings. The number of unbranched alkanes of at least 4 members (excludes halogenated alkanes) is 28. The number of esters is 1. The van der Waals surface area contributed by atoms with Crippen molar-refractivity contribution in [1.82, 2.24) is 5.32 Å². The zero-order valence-electron chi connectivity index (χ0n) is 42.8. The van der Waals surface area contributed by atoms with Crippen LogP contribution in [-0.2, 0) is 27.9 Å². The van der Waals surface area contributed by atoms with E-state index in [9.17, 15) is 19.0 Å². The number of carbonyl (C=O) groups is 2. The third-order valence-electron chi connectivity index (χ3n) is 11.8. The van der Waals surface area contributed by atoms with E-state index >= 15 is 0 Å². The minimum atomic E-state index is -4.44. The number of hydrogen-bond donors (Lipinski definition) is 2. The van der Waals surface area contributed by atoms with Crippen molar-refractivity contribution in [1.29, 1.82) is 0 Å². The third-order valence-corrected chi connectivity index (χ3v) is 12.8. The van der Waals surface area contributed by atoms with Crippen LogP contribution >= 0.6 is 7.82 Å².